The van der Waals surface area contributed by atoms with E-state index < -0.39 is 16.9 Å². The second kappa shape index (κ2) is 8.69. The summed E-state index contributed by atoms with van der Waals surface area (Å²) in [4.78, 5) is 33.1. The summed E-state index contributed by atoms with van der Waals surface area (Å²) in [6, 6.07) is 3.92. The number of methoxy groups -OCH3 is 2. The number of carbonyl (C=O) groups is 2. The molecule has 0 aliphatic rings. The van der Waals surface area contributed by atoms with Crippen molar-refractivity contribution in [1.82, 2.24) is 0 Å². The summed E-state index contributed by atoms with van der Waals surface area (Å²) < 4.78 is 9.02. The predicted octanol–water partition coefficient (Wildman–Crippen LogP) is 2.14. The monoisotopic (exact) mass is 343 g/mol. The van der Waals surface area contributed by atoms with Crippen molar-refractivity contribution in [3.05, 3.63) is 33.3 Å². The number of hydrogen-bond donors (Lipinski definition) is 1. The van der Waals surface area contributed by atoms with Gasteiger partial charge in [0.25, 0.3) is 5.69 Å². The zero-order chi connectivity index (χ0) is 17.4. The van der Waals surface area contributed by atoms with Gasteiger partial charge in [0.1, 0.15) is 11.4 Å². The van der Waals surface area contributed by atoms with Crippen molar-refractivity contribution >= 4 is 40.6 Å². The molecule has 0 aliphatic carbocycles. The van der Waals surface area contributed by atoms with Gasteiger partial charge in [-0.15, -0.1) is 0 Å². The van der Waals surface area contributed by atoms with Crippen LogP contribution in [-0.2, 0) is 19.1 Å². The van der Waals surface area contributed by atoms with E-state index in [2.05, 4.69) is 20.0 Å². The highest BCUT2D eigenvalue weighted by atomic mass is 35.5. The predicted molar refractivity (Wildman–Crippen MR) is 82.4 cm³/mol. The van der Waals surface area contributed by atoms with E-state index in [1.54, 1.807) is 0 Å². The molecule has 0 spiro atoms. The fraction of sp³-hybridized carbons (Fsp3) is 0.308. The Bertz CT molecular complexity index is 647. The summed E-state index contributed by atoms with van der Waals surface area (Å²) in [7, 11) is 2.37. The lowest BCUT2D eigenvalue weighted by Gasteiger charge is -2.06. The summed E-state index contributed by atoms with van der Waals surface area (Å²) in [5.74, 6) is -1.29. The topological polar surface area (TPSA) is 120 Å². The van der Waals surface area contributed by atoms with Crippen LogP contribution in [-0.4, -0.2) is 36.8 Å². The average Bonchev–Trinajstić information content (AvgIpc) is 2.54. The minimum absolute atomic E-state index is 0.0406. The third-order valence-corrected chi connectivity index (χ3v) is 2.92. The maximum absolute atomic E-state index is 11.6. The molecule has 1 N–H and O–H groups in total. The molecular formula is C13H14ClN3O6. The quantitative estimate of drug-likeness (QED) is 0.348. The number of rotatable bonds is 7. The van der Waals surface area contributed by atoms with Crippen LogP contribution in [0.1, 0.15) is 12.8 Å². The molecule has 23 heavy (non-hydrogen) atoms. The van der Waals surface area contributed by atoms with E-state index in [-0.39, 0.29) is 35.0 Å². The van der Waals surface area contributed by atoms with Gasteiger partial charge in [-0.25, -0.2) is 4.79 Å². The molecule has 0 aromatic heterocycles. The molecule has 0 saturated heterocycles. The second-order valence-corrected chi connectivity index (χ2v) is 4.59. The standard InChI is InChI=1S/C13H14ClN3O6/c1-22-12(18)6-5-10(13(19)23-2)16-15-9-4-3-8(14)7-11(9)17(20)21/h3-4,7,15H,5-6H2,1-2H3/b16-10-. The highest BCUT2D eigenvalue weighted by Crippen LogP contribution is 2.27. The number of nitro groups is 1. The van der Waals surface area contributed by atoms with Crippen LogP contribution in [0.5, 0.6) is 0 Å². The van der Waals surface area contributed by atoms with Crippen LogP contribution >= 0.6 is 11.6 Å². The molecule has 0 atom stereocenters. The zero-order valence-corrected chi connectivity index (χ0v) is 13.1. The number of anilines is 1. The summed E-state index contributed by atoms with van der Waals surface area (Å²) in [5.41, 5.74) is 2.04. The number of hydrazone groups is 1. The molecule has 0 radical (unpaired) electrons. The third-order valence-electron chi connectivity index (χ3n) is 2.68. The van der Waals surface area contributed by atoms with Gasteiger partial charge in [-0.3, -0.25) is 20.3 Å². The first kappa shape index (κ1) is 18.4. The molecule has 0 heterocycles. The zero-order valence-electron chi connectivity index (χ0n) is 12.4. The van der Waals surface area contributed by atoms with E-state index in [4.69, 9.17) is 11.6 Å². The van der Waals surface area contributed by atoms with E-state index >= 15 is 0 Å². The SMILES string of the molecule is COC(=O)CC/C(=N/Nc1ccc(Cl)cc1[N+](=O)[O-])C(=O)OC. The highest BCUT2D eigenvalue weighted by Gasteiger charge is 2.17. The molecule has 0 amide bonds. The first-order valence-electron chi connectivity index (χ1n) is 6.30. The van der Waals surface area contributed by atoms with Crippen molar-refractivity contribution in [3.63, 3.8) is 0 Å². The van der Waals surface area contributed by atoms with Crippen LogP contribution in [0.25, 0.3) is 0 Å². The molecular weight excluding hydrogens is 330 g/mol. The van der Waals surface area contributed by atoms with E-state index in [1.165, 1.54) is 19.2 Å². The first-order valence-corrected chi connectivity index (χ1v) is 6.68. The maximum Gasteiger partial charge on any atom is 0.354 e. The van der Waals surface area contributed by atoms with E-state index in [1.807, 2.05) is 0 Å². The normalized spacial score (nSPS) is 10.8. The van der Waals surface area contributed by atoms with Gasteiger partial charge in [0, 0.05) is 17.5 Å². The summed E-state index contributed by atoms with van der Waals surface area (Å²) in [6.07, 6.45) is -0.136. The van der Waals surface area contributed by atoms with Gasteiger partial charge >= 0.3 is 11.9 Å². The maximum atomic E-state index is 11.6. The van der Waals surface area contributed by atoms with Gasteiger partial charge in [-0.1, -0.05) is 11.6 Å². The van der Waals surface area contributed by atoms with Crippen LogP contribution in [0.3, 0.4) is 0 Å². The van der Waals surface area contributed by atoms with Gasteiger partial charge in [0.05, 0.1) is 25.6 Å². The Kier molecular flexibility index (Phi) is 6.94. The fourth-order valence-electron chi connectivity index (χ4n) is 1.52. The molecule has 0 saturated carbocycles. The van der Waals surface area contributed by atoms with E-state index in [0.717, 1.165) is 13.2 Å². The van der Waals surface area contributed by atoms with Crippen LogP contribution < -0.4 is 5.43 Å². The van der Waals surface area contributed by atoms with Crippen molar-refractivity contribution in [2.75, 3.05) is 19.6 Å². The Morgan fingerprint density at radius 1 is 1.30 bits per heavy atom. The molecule has 0 unspecified atom stereocenters. The van der Waals surface area contributed by atoms with E-state index in [0.29, 0.717) is 0 Å². The lowest BCUT2D eigenvalue weighted by molar-refractivity contribution is -0.383. The number of ether oxygens (including phenoxy) is 2. The Morgan fingerprint density at radius 3 is 2.57 bits per heavy atom. The van der Waals surface area contributed by atoms with Gasteiger partial charge in [0.15, 0.2) is 0 Å². The van der Waals surface area contributed by atoms with Crippen molar-refractivity contribution in [2.45, 2.75) is 12.8 Å². The Labute approximate surface area is 136 Å². The number of nitro benzene ring substituents is 1. The van der Waals surface area contributed by atoms with E-state index in [9.17, 15) is 19.7 Å². The molecule has 1 rings (SSSR count). The Morgan fingerprint density at radius 2 is 2.00 bits per heavy atom. The smallest absolute Gasteiger partial charge is 0.354 e. The molecule has 124 valence electrons. The second-order valence-electron chi connectivity index (χ2n) is 4.16. The van der Waals surface area contributed by atoms with Crippen LogP contribution in [0, 0.1) is 10.1 Å². The van der Waals surface area contributed by atoms with Crippen molar-refractivity contribution in [2.24, 2.45) is 5.10 Å². The van der Waals surface area contributed by atoms with Crippen LogP contribution in [0.2, 0.25) is 5.02 Å². The molecule has 10 heteroatoms. The lowest BCUT2D eigenvalue weighted by atomic mass is 10.2. The summed E-state index contributed by atoms with van der Waals surface area (Å²) in [5, 5.41) is 14.9. The minimum Gasteiger partial charge on any atom is -0.469 e. The third kappa shape index (κ3) is 5.55. The van der Waals surface area contributed by atoms with Crippen LogP contribution in [0.4, 0.5) is 11.4 Å². The first-order chi connectivity index (χ1) is 10.9. The van der Waals surface area contributed by atoms with Gasteiger partial charge < -0.3 is 9.47 Å². The van der Waals surface area contributed by atoms with Gasteiger partial charge in [-0.05, 0) is 12.1 Å². The van der Waals surface area contributed by atoms with Crippen LogP contribution in [0.15, 0.2) is 23.3 Å². The molecule has 1 aromatic carbocycles. The molecule has 1 aromatic rings. The number of carbonyl (C=O) groups excluding carboxylic acids is 2. The van der Waals surface area contributed by atoms with Crippen molar-refractivity contribution in [3.8, 4) is 0 Å². The average molecular weight is 344 g/mol. The lowest BCUT2D eigenvalue weighted by Crippen LogP contribution is -2.19. The van der Waals surface area contributed by atoms with Crippen molar-refractivity contribution in [1.29, 1.82) is 0 Å². The number of benzene rings is 1. The van der Waals surface area contributed by atoms with Gasteiger partial charge in [0.2, 0.25) is 0 Å². The number of hydrogen-bond acceptors (Lipinski definition) is 8. The molecule has 0 bridgehead atoms. The number of esters is 2. The summed E-state index contributed by atoms with van der Waals surface area (Å²) >= 11 is 5.70. The minimum atomic E-state index is -0.766. The number of nitrogens with zero attached hydrogens (tertiary/aromatic N) is 2. The van der Waals surface area contributed by atoms with Crippen molar-refractivity contribution < 1.29 is 24.0 Å². The Hall–Kier alpha value is -2.68. The molecule has 0 fully saturated rings. The number of halogens is 1. The Balaban J connectivity index is 2.98. The number of nitrogens with one attached hydrogen (secondary N) is 1. The molecule has 9 nitrogen and oxygen atoms in total. The summed E-state index contributed by atoms with van der Waals surface area (Å²) in [6.45, 7) is 0. The largest absolute Gasteiger partial charge is 0.469 e. The fourth-order valence-corrected chi connectivity index (χ4v) is 1.69. The molecule has 0 aliphatic heterocycles. The van der Waals surface area contributed by atoms with Gasteiger partial charge in [-0.2, -0.15) is 5.10 Å². The highest BCUT2D eigenvalue weighted by molar-refractivity contribution is 6.36.